The van der Waals surface area contributed by atoms with Gasteiger partial charge in [0.25, 0.3) is 0 Å². The smallest absolute Gasteiger partial charge is 0.337 e. The van der Waals surface area contributed by atoms with Crippen LogP contribution in [0.25, 0.3) is 0 Å². The molecule has 0 aliphatic carbocycles. The Morgan fingerprint density at radius 1 is 1.56 bits per heavy atom. The van der Waals surface area contributed by atoms with E-state index >= 15 is 0 Å². The summed E-state index contributed by atoms with van der Waals surface area (Å²) in [5.41, 5.74) is 0.132. The zero-order chi connectivity index (χ0) is 13.1. The summed E-state index contributed by atoms with van der Waals surface area (Å²) in [5, 5.41) is 9.29. The van der Waals surface area contributed by atoms with E-state index in [9.17, 15) is 4.79 Å². The molecule has 0 spiro atoms. The molecule has 2 rings (SSSR count). The van der Waals surface area contributed by atoms with Crippen LogP contribution in [0.2, 0.25) is 5.02 Å². The first-order valence-corrected chi connectivity index (χ1v) is 6.63. The zero-order valence-corrected chi connectivity index (χ0v) is 11.2. The maximum absolute atomic E-state index is 10.8. The van der Waals surface area contributed by atoms with Gasteiger partial charge in [0.15, 0.2) is 0 Å². The topological polar surface area (TPSA) is 53.4 Å². The van der Waals surface area contributed by atoms with E-state index in [1.807, 2.05) is 0 Å². The summed E-state index contributed by atoms with van der Waals surface area (Å²) in [5.74, 6) is 0.496. The van der Waals surface area contributed by atoms with E-state index < -0.39 is 5.97 Å². The normalized spacial score (nSPS) is 16.9. The predicted molar refractivity (Wildman–Crippen MR) is 71.4 cm³/mol. The molecular formula is C13H17ClN2O2. The molecule has 1 aliphatic heterocycles. The Kier molecular flexibility index (Phi) is 4.07. The largest absolute Gasteiger partial charge is 0.478 e. The van der Waals surface area contributed by atoms with E-state index in [-0.39, 0.29) is 5.56 Å². The Hall–Kier alpha value is -1.29. The number of carboxylic acid groups (broad SMARTS) is 1. The third-order valence-corrected chi connectivity index (χ3v) is 3.84. The van der Waals surface area contributed by atoms with Gasteiger partial charge in [0.2, 0.25) is 0 Å². The quantitative estimate of drug-likeness (QED) is 0.915. The highest BCUT2D eigenvalue weighted by atomic mass is 35.5. The monoisotopic (exact) mass is 268 g/mol. The number of carbonyl (C=O) groups is 1. The standard InChI is InChI=1S/C13H17ClN2O2/c1-2-9-3-5-16(6-4-9)12-11(14)7-10(8-15-12)13(17)18/h7-9H,2-6H2,1H3,(H,17,18). The number of halogens is 1. The molecule has 1 fully saturated rings. The van der Waals surface area contributed by atoms with E-state index in [2.05, 4.69) is 16.8 Å². The zero-order valence-electron chi connectivity index (χ0n) is 10.4. The molecule has 0 aromatic carbocycles. The van der Waals surface area contributed by atoms with E-state index in [0.29, 0.717) is 10.8 Å². The molecule has 1 N–H and O–H groups in total. The first-order chi connectivity index (χ1) is 8.61. The van der Waals surface area contributed by atoms with E-state index in [1.54, 1.807) is 0 Å². The Bertz CT molecular complexity index is 443. The number of carboxylic acids is 1. The Morgan fingerprint density at radius 2 is 2.22 bits per heavy atom. The molecule has 1 aromatic heterocycles. The Labute approximate surface area is 112 Å². The van der Waals surface area contributed by atoms with Crippen molar-refractivity contribution in [2.24, 2.45) is 5.92 Å². The number of pyridine rings is 1. The fourth-order valence-corrected chi connectivity index (χ4v) is 2.62. The molecule has 5 heteroatoms. The maximum atomic E-state index is 10.8. The number of piperidine rings is 1. The van der Waals surface area contributed by atoms with Crippen LogP contribution in [-0.4, -0.2) is 29.1 Å². The molecule has 0 amide bonds. The first kappa shape index (κ1) is 13.1. The molecule has 4 nitrogen and oxygen atoms in total. The second-order valence-electron chi connectivity index (χ2n) is 4.67. The molecule has 98 valence electrons. The van der Waals surface area contributed by atoms with Gasteiger partial charge in [-0.3, -0.25) is 0 Å². The van der Waals surface area contributed by atoms with Crippen LogP contribution in [0.5, 0.6) is 0 Å². The summed E-state index contributed by atoms with van der Waals surface area (Å²) in [4.78, 5) is 17.1. The van der Waals surface area contributed by atoms with Crippen molar-refractivity contribution in [2.75, 3.05) is 18.0 Å². The number of nitrogens with zero attached hydrogens (tertiary/aromatic N) is 2. The lowest BCUT2D eigenvalue weighted by atomic mass is 9.94. The van der Waals surface area contributed by atoms with Gasteiger partial charge in [-0.1, -0.05) is 24.9 Å². The highest BCUT2D eigenvalue weighted by molar-refractivity contribution is 6.33. The number of aromatic carboxylic acids is 1. The summed E-state index contributed by atoms with van der Waals surface area (Å²) < 4.78 is 0. The van der Waals surface area contributed by atoms with Gasteiger partial charge in [0.05, 0.1) is 10.6 Å². The van der Waals surface area contributed by atoms with Gasteiger partial charge in [-0.25, -0.2) is 9.78 Å². The fourth-order valence-electron chi connectivity index (χ4n) is 2.33. The summed E-state index contributed by atoms with van der Waals surface area (Å²) in [6.45, 7) is 4.10. The lowest BCUT2D eigenvalue weighted by Gasteiger charge is -2.32. The van der Waals surface area contributed by atoms with Gasteiger partial charge in [-0.05, 0) is 24.8 Å². The van der Waals surface area contributed by atoms with Gasteiger partial charge < -0.3 is 10.0 Å². The summed E-state index contributed by atoms with van der Waals surface area (Å²) in [6, 6.07) is 1.47. The summed E-state index contributed by atoms with van der Waals surface area (Å²) in [6.07, 6.45) is 4.88. The molecule has 1 aromatic rings. The van der Waals surface area contributed by atoms with Crippen LogP contribution in [0.3, 0.4) is 0 Å². The minimum absolute atomic E-state index is 0.132. The second-order valence-corrected chi connectivity index (χ2v) is 5.08. The van der Waals surface area contributed by atoms with E-state index in [0.717, 1.165) is 31.8 Å². The molecular weight excluding hydrogens is 252 g/mol. The molecule has 0 atom stereocenters. The number of hydrogen-bond donors (Lipinski definition) is 1. The summed E-state index contributed by atoms with van der Waals surface area (Å²) in [7, 11) is 0. The molecule has 1 saturated heterocycles. The van der Waals surface area contributed by atoms with E-state index in [4.69, 9.17) is 16.7 Å². The fraction of sp³-hybridized carbons (Fsp3) is 0.538. The summed E-state index contributed by atoms with van der Waals surface area (Å²) >= 11 is 6.11. The van der Waals surface area contributed by atoms with Crippen LogP contribution < -0.4 is 4.90 Å². The molecule has 0 bridgehead atoms. The average molecular weight is 269 g/mol. The second kappa shape index (κ2) is 5.57. The molecule has 0 saturated carbocycles. The van der Waals surface area contributed by atoms with Crippen LogP contribution in [0.15, 0.2) is 12.3 Å². The SMILES string of the molecule is CCC1CCN(c2ncc(C(=O)O)cc2Cl)CC1. The average Bonchev–Trinajstić information content (AvgIpc) is 2.38. The van der Waals surface area contributed by atoms with E-state index in [1.165, 1.54) is 18.7 Å². The van der Waals surface area contributed by atoms with Crippen LogP contribution >= 0.6 is 11.6 Å². The van der Waals surface area contributed by atoms with Gasteiger partial charge in [-0.15, -0.1) is 0 Å². The van der Waals surface area contributed by atoms with Crippen molar-refractivity contribution in [2.45, 2.75) is 26.2 Å². The number of aromatic nitrogens is 1. The van der Waals surface area contributed by atoms with Crippen molar-refractivity contribution in [1.29, 1.82) is 0 Å². The molecule has 0 unspecified atom stereocenters. The lowest BCUT2D eigenvalue weighted by molar-refractivity contribution is 0.0696. The van der Waals surface area contributed by atoms with Gasteiger partial charge in [-0.2, -0.15) is 0 Å². The maximum Gasteiger partial charge on any atom is 0.337 e. The van der Waals surface area contributed by atoms with Gasteiger partial charge >= 0.3 is 5.97 Å². The molecule has 0 radical (unpaired) electrons. The number of hydrogen-bond acceptors (Lipinski definition) is 3. The third-order valence-electron chi connectivity index (χ3n) is 3.56. The molecule has 2 heterocycles. The van der Waals surface area contributed by atoms with Crippen LogP contribution in [-0.2, 0) is 0 Å². The molecule has 1 aliphatic rings. The van der Waals surface area contributed by atoms with Gasteiger partial charge in [0.1, 0.15) is 5.82 Å². The number of rotatable bonds is 3. The van der Waals surface area contributed by atoms with Crippen LogP contribution in [0.1, 0.15) is 36.5 Å². The van der Waals surface area contributed by atoms with Crippen LogP contribution in [0.4, 0.5) is 5.82 Å². The van der Waals surface area contributed by atoms with Crippen molar-refractivity contribution in [3.63, 3.8) is 0 Å². The number of anilines is 1. The molecule has 18 heavy (non-hydrogen) atoms. The van der Waals surface area contributed by atoms with Crippen LogP contribution in [0, 0.1) is 5.92 Å². The van der Waals surface area contributed by atoms with Crippen molar-refractivity contribution >= 4 is 23.4 Å². The van der Waals surface area contributed by atoms with Crippen molar-refractivity contribution < 1.29 is 9.90 Å². The van der Waals surface area contributed by atoms with Crippen molar-refractivity contribution in [3.05, 3.63) is 22.8 Å². The Balaban J connectivity index is 2.12. The van der Waals surface area contributed by atoms with Crippen molar-refractivity contribution in [1.82, 2.24) is 4.98 Å². The predicted octanol–water partition coefficient (Wildman–Crippen LogP) is 3.06. The lowest BCUT2D eigenvalue weighted by Crippen LogP contribution is -2.34. The van der Waals surface area contributed by atoms with Gasteiger partial charge in [0, 0.05) is 19.3 Å². The first-order valence-electron chi connectivity index (χ1n) is 6.25. The highest BCUT2D eigenvalue weighted by Crippen LogP contribution is 2.29. The minimum atomic E-state index is -0.999. The highest BCUT2D eigenvalue weighted by Gasteiger charge is 2.21. The minimum Gasteiger partial charge on any atom is -0.478 e. The Morgan fingerprint density at radius 3 is 2.72 bits per heavy atom. The van der Waals surface area contributed by atoms with Crippen molar-refractivity contribution in [3.8, 4) is 0 Å². The third kappa shape index (κ3) is 2.75.